The molecule has 6 nitrogen and oxygen atoms in total. The molecule has 6 heteroatoms. The van der Waals surface area contributed by atoms with Gasteiger partial charge in [-0.3, -0.25) is 9.59 Å². The summed E-state index contributed by atoms with van der Waals surface area (Å²) in [6, 6.07) is 17.9. The molecule has 0 radical (unpaired) electrons. The number of nitrogens with one attached hydrogen (secondary N) is 1. The summed E-state index contributed by atoms with van der Waals surface area (Å²) in [6.07, 6.45) is 4.04. The second-order valence-electron chi connectivity index (χ2n) is 8.76. The van der Waals surface area contributed by atoms with Crippen molar-refractivity contribution in [1.29, 1.82) is 0 Å². The minimum absolute atomic E-state index is 0.0397. The van der Waals surface area contributed by atoms with Crippen LogP contribution < -0.4 is 5.32 Å². The number of aryl methyl sites for hydroxylation is 2. The van der Waals surface area contributed by atoms with E-state index in [1.165, 1.54) is 0 Å². The van der Waals surface area contributed by atoms with Crippen molar-refractivity contribution in [3.8, 4) is 16.8 Å². The third kappa shape index (κ3) is 4.85. The minimum atomic E-state index is -0.213. The molecule has 2 aromatic carbocycles. The second kappa shape index (κ2) is 10.0. The number of rotatable bonds is 7. The Kier molecular flexibility index (Phi) is 6.92. The van der Waals surface area contributed by atoms with Crippen LogP contribution in [0, 0.1) is 19.8 Å². The average molecular weight is 445 g/mol. The first-order valence-electron chi connectivity index (χ1n) is 11.8. The molecule has 0 saturated heterocycles. The zero-order valence-electron chi connectivity index (χ0n) is 19.7. The molecule has 1 aromatic heterocycles. The van der Waals surface area contributed by atoms with E-state index in [0.717, 1.165) is 53.8 Å². The number of nitrogens with zero attached hydrogens (tertiary/aromatic N) is 3. The number of carbonyl (C=O) groups is 2. The van der Waals surface area contributed by atoms with Crippen LogP contribution in [0.1, 0.15) is 43.9 Å². The van der Waals surface area contributed by atoms with Crippen molar-refractivity contribution in [2.75, 3.05) is 18.4 Å². The highest BCUT2D eigenvalue weighted by Crippen LogP contribution is 2.34. The monoisotopic (exact) mass is 444 g/mol. The summed E-state index contributed by atoms with van der Waals surface area (Å²) in [7, 11) is 0. The van der Waals surface area contributed by atoms with Gasteiger partial charge in [-0.2, -0.15) is 5.10 Å². The SMILES string of the molecule is CCN(CC(=O)Nc1c(-c2ccccc2)c(C)nn1-c1ccccc1C)C(=O)C1CCCC1. The topological polar surface area (TPSA) is 67.2 Å². The normalized spacial score (nSPS) is 13.8. The molecule has 0 aliphatic heterocycles. The Labute approximate surface area is 195 Å². The Bertz CT molecular complexity index is 1130. The van der Waals surface area contributed by atoms with E-state index in [0.29, 0.717) is 12.4 Å². The van der Waals surface area contributed by atoms with E-state index in [1.54, 1.807) is 9.58 Å². The van der Waals surface area contributed by atoms with Crippen LogP contribution >= 0.6 is 0 Å². The molecule has 1 saturated carbocycles. The fourth-order valence-electron chi connectivity index (χ4n) is 4.69. The van der Waals surface area contributed by atoms with Crippen LogP contribution in [-0.4, -0.2) is 39.6 Å². The molecule has 2 amide bonds. The van der Waals surface area contributed by atoms with Gasteiger partial charge in [0, 0.05) is 18.0 Å². The van der Waals surface area contributed by atoms with Crippen molar-refractivity contribution in [2.45, 2.75) is 46.5 Å². The van der Waals surface area contributed by atoms with Gasteiger partial charge in [0.1, 0.15) is 5.82 Å². The van der Waals surface area contributed by atoms with Crippen LogP contribution in [0.15, 0.2) is 54.6 Å². The van der Waals surface area contributed by atoms with E-state index < -0.39 is 0 Å². The molecule has 172 valence electrons. The highest BCUT2D eigenvalue weighted by atomic mass is 16.2. The maximum Gasteiger partial charge on any atom is 0.245 e. The third-order valence-electron chi connectivity index (χ3n) is 6.46. The maximum absolute atomic E-state index is 13.2. The fraction of sp³-hybridized carbons (Fsp3) is 0.370. The molecular formula is C27H32N4O2. The maximum atomic E-state index is 13.2. The highest BCUT2D eigenvalue weighted by molar-refractivity contribution is 5.98. The van der Waals surface area contributed by atoms with Gasteiger partial charge in [-0.15, -0.1) is 0 Å². The molecule has 0 atom stereocenters. The molecule has 1 aliphatic rings. The summed E-state index contributed by atoms with van der Waals surface area (Å²) in [5.41, 5.74) is 4.67. The molecule has 0 spiro atoms. The molecule has 33 heavy (non-hydrogen) atoms. The number of para-hydroxylation sites is 1. The van der Waals surface area contributed by atoms with Gasteiger partial charge >= 0.3 is 0 Å². The van der Waals surface area contributed by atoms with Gasteiger partial charge in [0.25, 0.3) is 0 Å². The summed E-state index contributed by atoms with van der Waals surface area (Å²) in [5, 5.41) is 7.89. The summed E-state index contributed by atoms with van der Waals surface area (Å²) in [5.74, 6) is 0.562. The lowest BCUT2D eigenvalue weighted by atomic mass is 10.1. The highest BCUT2D eigenvalue weighted by Gasteiger charge is 2.28. The van der Waals surface area contributed by atoms with Gasteiger partial charge in [0.05, 0.1) is 17.9 Å². The summed E-state index contributed by atoms with van der Waals surface area (Å²) >= 11 is 0. The Morgan fingerprint density at radius 2 is 1.70 bits per heavy atom. The minimum Gasteiger partial charge on any atom is -0.333 e. The van der Waals surface area contributed by atoms with Crippen LogP contribution in [0.3, 0.4) is 0 Å². The second-order valence-corrected chi connectivity index (χ2v) is 8.76. The Morgan fingerprint density at radius 1 is 1.03 bits per heavy atom. The van der Waals surface area contributed by atoms with E-state index in [9.17, 15) is 9.59 Å². The molecule has 4 rings (SSSR count). The summed E-state index contributed by atoms with van der Waals surface area (Å²) in [4.78, 5) is 27.8. The first kappa shape index (κ1) is 22.8. The molecule has 0 unspecified atom stereocenters. The number of anilines is 1. The molecule has 1 heterocycles. The number of likely N-dealkylation sites (N-methyl/N-ethyl adjacent to an activating group) is 1. The zero-order chi connectivity index (χ0) is 23.4. The van der Waals surface area contributed by atoms with E-state index in [4.69, 9.17) is 5.10 Å². The fourth-order valence-corrected chi connectivity index (χ4v) is 4.69. The van der Waals surface area contributed by atoms with Gasteiger partial charge < -0.3 is 10.2 Å². The molecule has 1 N–H and O–H groups in total. The van der Waals surface area contributed by atoms with E-state index in [1.807, 2.05) is 75.4 Å². The Balaban J connectivity index is 1.67. The predicted molar refractivity (Wildman–Crippen MR) is 131 cm³/mol. The van der Waals surface area contributed by atoms with Crippen molar-refractivity contribution >= 4 is 17.6 Å². The van der Waals surface area contributed by atoms with Gasteiger partial charge in [-0.1, -0.05) is 61.4 Å². The number of hydrogen-bond acceptors (Lipinski definition) is 3. The smallest absolute Gasteiger partial charge is 0.245 e. The van der Waals surface area contributed by atoms with Crippen molar-refractivity contribution in [2.24, 2.45) is 5.92 Å². The molecule has 3 aromatic rings. The lowest BCUT2D eigenvalue weighted by Crippen LogP contribution is -2.40. The molecule has 1 fully saturated rings. The van der Waals surface area contributed by atoms with Crippen molar-refractivity contribution in [1.82, 2.24) is 14.7 Å². The van der Waals surface area contributed by atoms with Gasteiger partial charge in [0.15, 0.2) is 0 Å². The van der Waals surface area contributed by atoms with Crippen LogP contribution in [0.5, 0.6) is 0 Å². The first-order chi connectivity index (χ1) is 16.0. The summed E-state index contributed by atoms with van der Waals surface area (Å²) < 4.78 is 1.81. The van der Waals surface area contributed by atoms with E-state index in [-0.39, 0.29) is 24.3 Å². The summed E-state index contributed by atoms with van der Waals surface area (Å²) in [6.45, 7) is 6.47. The Hall–Kier alpha value is -3.41. The van der Waals surface area contributed by atoms with Gasteiger partial charge in [-0.25, -0.2) is 4.68 Å². The molecule has 1 aliphatic carbocycles. The van der Waals surface area contributed by atoms with Crippen LogP contribution in [-0.2, 0) is 9.59 Å². The van der Waals surface area contributed by atoms with Crippen molar-refractivity contribution in [3.05, 3.63) is 65.9 Å². The largest absolute Gasteiger partial charge is 0.333 e. The number of carbonyl (C=O) groups excluding carboxylic acids is 2. The van der Waals surface area contributed by atoms with Crippen LogP contribution in [0.2, 0.25) is 0 Å². The van der Waals surface area contributed by atoms with Crippen molar-refractivity contribution in [3.63, 3.8) is 0 Å². The third-order valence-corrected chi connectivity index (χ3v) is 6.46. The van der Waals surface area contributed by atoms with E-state index >= 15 is 0 Å². The van der Waals surface area contributed by atoms with Crippen LogP contribution in [0.4, 0.5) is 5.82 Å². The number of hydrogen-bond donors (Lipinski definition) is 1. The molecular weight excluding hydrogens is 412 g/mol. The number of aromatic nitrogens is 2. The number of amides is 2. The van der Waals surface area contributed by atoms with Crippen molar-refractivity contribution < 1.29 is 9.59 Å². The average Bonchev–Trinajstić information content (AvgIpc) is 3.46. The van der Waals surface area contributed by atoms with E-state index in [2.05, 4.69) is 5.32 Å². The number of benzene rings is 2. The van der Waals surface area contributed by atoms with Gasteiger partial charge in [0.2, 0.25) is 11.8 Å². The lowest BCUT2D eigenvalue weighted by Gasteiger charge is -2.24. The standard InChI is InChI=1S/C27H32N4O2/c1-4-30(27(33)22-15-9-10-16-22)18-24(32)28-26-25(21-13-6-5-7-14-21)20(3)29-31(26)23-17-11-8-12-19(23)2/h5-8,11-14,17,22H,4,9-10,15-16,18H2,1-3H3,(H,28,32). The quantitative estimate of drug-likeness (QED) is 0.549. The predicted octanol–water partition coefficient (Wildman–Crippen LogP) is 5.13. The zero-order valence-corrected chi connectivity index (χ0v) is 19.7. The first-order valence-corrected chi connectivity index (χ1v) is 11.8. The molecule has 0 bridgehead atoms. The van der Waals surface area contributed by atoms with Crippen LogP contribution in [0.25, 0.3) is 16.8 Å². The Morgan fingerprint density at radius 3 is 2.36 bits per heavy atom. The lowest BCUT2D eigenvalue weighted by molar-refractivity contribution is -0.138. The van der Waals surface area contributed by atoms with Gasteiger partial charge in [-0.05, 0) is 50.8 Å².